The minimum absolute atomic E-state index is 0.212. The monoisotopic (exact) mass is 271 g/mol. The fourth-order valence-corrected chi connectivity index (χ4v) is 1.95. The maximum Gasteiger partial charge on any atom is 0.340 e. The number of anilines is 1. The molecule has 18 heavy (non-hydrogen) atoms. The summed E-state index contributed by atoms with van der Waals surface area (Å²) in [5.74, 6) is -0.542. The van der Waals surface area contributed by atoms with Crippen LogP contribution >= 0.6 is 0 Å². The second-order valence-electron chi connectivity index (χ2n) is 3.96. The Labute approximate surface area is 107 Å². The summed E-state index contributed by atoms with van der Waals surface area (Å²) in [6, 6.07) is 6.36. The first kappa shape index (κ1) is 14.5. The minimum Gasteiger partial charge on any atom is -0.462 e. The number of rotatable bonds is 5. The third-order valence-corrected chi connectivity index (χ3v) is 4.04. The molecule has 0 heterocycles. The number of carbonyl (C=O) groups is 1. The Bertz CT molecular complexity index is 523. The summed E-state index contributed by atoms with van der Waals surface area (Å²) in [5.41, 5.74) is 0.452. The van der Waals surface area contributed by atoms with Gasteiger partial charge in [-0.05, 0) is 32.9 Å². The molecule has 1 rings (SSSR count). The van der Waals surface area contributed by atoms with Crippen molar-refractivity contribution in [1.82, 2.24) is 0 Å². The van der Waals surface area contributed by atoms with Crippen LogP contribution in [0.1, 0.15) is 31.1 Å². The molecule has 100 valence electrons. The molecule has 1 aromatic carbocycles. The summed E-state index contributed by atoms with van der Waals surface area (Å²) < 4.78 is 30.8. The highest BCUT2D eigenvalue weighted by atomic mass is 32.2. The lowest BCUT2D eigenvalue weighted by Crippen LogP contribution is -2.23. The molecule has 0 aromatic heterocycles. The highest BCUT2D eigenvalue weighted by Crippen LogP contribution is 2.18. The fourth-order valence-electron chi connectivity index (χ4n) is 1.23. The average molecular weight is 271 g/mol. The topological polar surface area (TPSA) is 72.5 Å². The van der Waals surface area contributed by atoms with Gasteiger partial charge in [0, 0.05) is 0 Å². The standard InChI is InChI=1S/C12H17NO4S/c1-4-17-12(14)10-7-5-6-8-11(10)13-18(15,16)9(2)3/h5-9,13H,4H2,1-3H3. The fraction of sp³-hybridized carbons (Fsp3) is 0.417. The van der Waals surface area contributed by atoms with E-state index in [2.05, 4.69) is 4.72 Å². The van der Waals surface area contributed by atoms with Crippen LogP contribution in [0.5, 0.6) is 0 Å². The van der Waals surface area contributed by atoms with E-state index in [1.54, 1.807) is 32.9 Å². The van der Waals surface area contributed by atoms with Gasteiger partial charge in [0.25, 0.3) is 0 Å². The SMILES string of the molecule is CCOC(=O)c1ccccc1NS(=O)(=O)C(C)C. The molecular weight excluding hydrogens is 254 g/mol. The molecule has 0 saturated carbocycles. The van der Waals surface area contributed by atoms with Crippen LogP contribution in [0.25, 0.3) is 0 Å². The Morgan fingerprint density at radius 2 is 1.94 bits per heavy atom. The van der Waals surface area contributed by atoms with Gasteiger partial charge in [0.15, 0.2) is 0 Å². The van der Waals surface area contributed by atoms with Crippen LogP contribution in [0.3, 0.4) is 0 Å². The van der Waals surface area contributed by atoms with Crippen molar-refractivity contribution in [3.63, 3.8) is 0 Å². The molecule has 0 bridgehead atoms. The van der Waals surface area contributed by atoms with E-state index < -0.39 is 21.2 Å². The van der Waals surface area contributed by atoms with Crippen LogP contribution in [0, 0.1) is 0 Å². The third-order valence-electron chi connectivity index (χ3n) is 2.30. The minimum atomic E-state index is -3.48. The third kappa shape index (κ3) is 3.46. The lowest BCUT2D eigenvalue weighted by molar-refractivity contribution is 0.0527. The molecular formula is C12H17NO4S. The molecule has 1 N–H and O–H groups in total. The van der Waals surface area contributed by atoms with Crippen molar-refractivity contribution in [1.29, 1.82) is 0 Å². The van der Waals surface area contributed by atoms with E-state index in [-0.39, 0.29) is 17.9 Å². The summed E-state index contributed by atoms with van der Waals surface area (Å²) in [4.78, 5) is 11.7. The Balaban J connectivity index is 3.07. The van der Waals surface area contributed by atoms with Crippen LogP contribution in [0.4, 0.5) is 5.69 Å². The molecule has 1 aromatic rings. The molecule has 0 amide bonds. The van der Waals surface area contributed by atoms with E-state index in [1.807, 2.05) is 0 Å². The predicted octanol–water partition coefficient (Wildman–Crippen LogP) is 2.01. The average Bonchev–Trinajstić information content (AvgIpc) is 2.29. The molecule has 0 aliphatic rings. The van der Waals surface area contributed by atoms with Gasteiger partial charge in [-0.15, -0.1) is 0 Å². The Morgan fingerprint density at radius 3 is 2.50 bits per heavy atom. The second-order valence-corrected chi connectivity index (χ2v) is 6.20. The number of sulfonamides is 1. The molecule has 0 aliphatic heterocycles. The number of benzene rings is 1. The van der Waals surface area contributed by atoms with Crippen LogP contribution in [0.2, 0.25) is 0 Å². The van der Waals surface area contributed by atoms with E-state index in [0.29, 0.717) is 0 Å². The van der Waals surface area contributed by atoms with E-state index in [4.69, 9.17) is 4.74 Å². The van der Waals surface area contributed by atoms with Gasteiger partial charge >= 0.3 is 5.97 Å². The Morgan fingerprint density at radius 1 is 1.33 bits per heavy atom. The summed E-state index contributed by atoms with van der Waals surface area (Å²) in [5, 5.41) is -0.576. The van der Waals surface area contributed by atoms with Crippen LogP contribution in [-0.4, -0.2) is 26.2 Å². The maximum absolute atomic E-state index is 11.8. The van der Waals surface area contributed by atoms with Gasteiger partial charge < -0.3 is 4.74 Å². The largest absolute Gasteiger partial charge is 0.462 e. The van der Waals surface area contributed by atoms with E-state index in [1.165, 1.54) is 12.1 Å². The Hall–Kier alpha value is -1.56. The highest BCUT2D eigenvalue weighted by Gasteiger charge is 2.19. The van der Waals surface area contributed by atoms with Gasteiger partial charge in [-0.1, -0.05) is 12.1 Å². The van der Waals surface area contributed by atoms with Crippen molar-refractivity contribution >= 4 is 21.7 Å². The number of hydrogen-bond acceptors (Lipinski definition) is 4. The predicted molar refractivity (Wildman–Crippen MR) is 70.1 cm³/mol. The molecule has 6 heteroatoms. The lowest BCUT2D eigenvalue weighted by atomic mass is 10.2. The zero-order valence-corrected chi connectivity index (χ0v) is 11.5. The first-order valence-corrected chi connectivity index (χ1v) is 7.21. The first-order valence-electron chi connectivity index (χ1n) is 5.66. The summed E-state index contributed by atoms with van der Waals surface area (Å²) >= 11 is 0. The zero-order chi connectivity index (χ0) is 13.8. The van der Waals surface area contributed by atoms with Crippen molar-refractivity contribution < 1.29 is 17.9 Å². The Kier molecular flexibility index (Phi) is 4.72. The number of nitrogens with one attached hydrogen (secondary N) is 1. The van der Waals surface area contributed by atoms with Gasteiger partial charge in [-0.2, -0.15) is 0 Å². The molecule has 0 unspecified atom stereocenters. The van der Waals surface area contributed by atoms with Gasteiger partial charge in [0.2, 0.25) is 10.0 Å². The summed E-state index contributed by atoms with van der Waals surface area (Å²) in [6.07, 6.45) is 0. The molecule has 0 radical (unpaired) electrons. The summed E-state index contributed by atoms with van der Waals surface area (Å²) in [6.45, 7) is 5.06. The first-order chi connectivity index (χ1) is 8.38. The molecule has 0 aliphatic carbocycles. The molecule has 0 fully saturated rings. The molecule has 5 nitrogen and oxygen atoms in total. The molecule has 0 atom stereocenters. The number of esters is 1. The van der Waals surface area contributed by atoms with Crippen molar-refractivity contribution in [3.8, 4) is 0 Å². The number of para-hydroxylation sites is 1. The van der Waals surface area contributed by atoms with Crippen molar-refractivity contribution in [3.05, 3.63) is 29.8 Å². The van der Waals surface area contributed by atoms with Gasteiger partial charge in [0.1, 0.15) is 0 Å². The van der Waals surface area contributed by atoms with Gasteiger partial charge in [-0.25, -0.2) is 13.2 Å². The van der Waals surface area contributed by atoms with E-state index in [9.17, 15) is 13.2 Å². The van der Waals surface area contributed by atoms with Gasteiger partial charge in [-0.3, -0.25) is 4.72 Å². The van der Waals surface area contributed by atoms with Crippen LogP contribution in [-0.2, 0) is 14.8 Å². The van der Waals surface area contributed by atoms with Crippen molar-refractivity contribution in [2.75, 3.05) is 11.3 Å². The van der Waals surface area contributed by atoms with Crippen molar-refractivity contribution in [2.24, 2.45) is 0 Å². The second kappa shape index (κ2) is 5.86. The quantitative estimate of drug-likeness (QED) is 0.831. The normalized spacial score (nSPS) is 11.3. The van der Waals surface area contributed by atoms with E-state index >= 15 is 0 Å². The maximum atomic E-state index is 11.8. The number of ether oxygens (including phenoxy) is 1. The van der Waals surface area contributed by atoms with E-state index in [0.717, 1.165) is 0 Å². The lowest BCUT2D eigenvalue weighted by Gasteiger charge is -2.13. The molecule has 0 spiro atoms. The number of hydrogen-bond donors (Lipinski definition) is 1. The molecule has 0 saturated heterocycles. The highest BCUT2D eigenvalue weighted by molar-refractivity contribution is 7.93. The smallest absolute Gasteiger partial charge is 0.340 e. The van der Waals surface area contributed by atoms with Gasteiger partial charge in [0.05, 0.1) is 23.1 Å². The van der Waals surface area contributed by atoms with Crippen LogP contribution in [0.15, 0.2) is 24.3 Å². The number of carbonyl (C=O) groups excluding carboxylic acids is 1. The van der Waals surface area contributed by atoms with Crippen molar-refractivity contribution in [2.45, 2.75) is 26.0 Å². The van der Waals surface area contributed by atoms with Crippen LogP contribution < -0.4 is 4.72 Å². The zero-order valence-electron chi connectivity index (χ0n) is 10.6. The summed E-state index contributed by atoms with van der Waals surface area (Å²) in [7, 11) is -3.48.